The molecule has 2 rings (SSSR count). The Labute approximate surface area is 342 Å². The molecule has 59 heavy (non-hydrogen) atoms. The van der Waals surface area contributed by atoms with Crippen molar-refractivity contribution in [3.63, 3.8) is 0 Å². The summed E-state index contributed by atoms with van der Waals surface area (Å²) in [6.07, 6.45) is 4.31. The molecule has 27 heteroatoms. The van der Waals surface area contributed by atoms with Crippen LogP contribution in [-0.4, -0.2) is 156 Å². The van der Waals surface area contributed by atoms with Crippen molar-refractivity contribution in [2.45, 2.75) is 74.8 Å². The molecule has 0 spiro atoms. The molecule has 0 fully saturated rings. The number of nitrogens with one attached hydrogen (secondary N) is 8. The normalized spacial score (nSPS) is 13.9. The summed E-state index contributed by atoms with van der Waals surface area (Å²) in [5, 5.41) is 42.0. The highest BCUT2D eigenvalue weighted by atomic mass is 33.1. The van der Waals surface area contributed by atoms with Crippen LogP contribution in [-0.2, 0) is 60.8 Å². The van der Waals surface area contributed by atoms with Crippen LogP contribution in [0.5, 0.6) is 0 Å². The maximum Gasteiger partial charge on any atom is 0.326 e. The third-order valence-corrected chi connectivity index (χ3v) is 10.3. The molecule has 0 saturated heterocycles. The second-order valence-corrected chi connectivity index (χ2v) is 15.0. The summed E-state index contributed by atoms with van der Waals surface area (Å²) in [7, 11) is 1.84. The van der Waals surface area contributed by atoms with Gasteiger partial charge in [0.15, 0.2) is 0 Å². The van der Waals surface area contributed by atoms with E-state index in [1.807, 2.05) is 0 Å². The molecular weight excluding hydrogens is 825 g/mol. The second-order valence-electron chi connectivity index (χ2n) is 12.5. The SMILES string of the molecule is NC(Cc1cnc[nH]1)C(=O)NC(CCC(=O)NC(CSSCC(NC(=O)CCC(NC(=O)C(N)Cc1cnc[nH]1)C(=O)O)C(=O)NCC(=O)O)C(=O)NCC=O)C(=O)O. The van der Waals surface area contributed by atoms with Gasteiger partial charge in [-0.1, -0.05) is 21.6 Å². The van der Waals surface area contributed by atoms with Crippen LogP contribution in [0.15, 0.2) is 25.0 Å². The number of aldehydes is 1. The molecule has 0 saturated carbocycles. The number of carboxylic acid groups (broad SMARTS) is 3. The lowest BCUT2D eigenvalue weighted by atomic mass is 10.1. The van der Waals surface area contributed by atoms with Crippen molar-refractivity contribution in [1.82, 2.24) is 51.8 Å². The van der Waals surface area contributed by atoms with E-state index in [0.29, 0.717) is 17.7 Å². The lowest BCUT2D eigenvalue weighted by Gasteiger charge is -2.21. The van der Waals surface area contributed by atoms with E-state index in [-0.39, 0.29) is 30.8 Å². The Morgan fingerprint density at radius 3 is 1.42 bits per heavy atom. The highest BCUT2D eigenvalue weighted by Gasteiger charge is 2.29. The summed E-state index contributed by atoms with van der Waals surface area (Å²) in [5.41, 5.74) is 12.8. The number of aromatic amines is 2. The quantitative estimate of drug-likeness (QED) is 0.0207. The van der Waals surface area contributed by atoms with Gasteiger partial charge >= 0.3 is 17.9 Å². The molecule has 0 aliphatic heterocycles. The number of imidazole rings is 2. The van der Waals surface area contributed by atoms with E-state index in [1.165, 1.54) is 25.0 Å². The number of carbonyl (C=O) groups is 10. The Morgan fingerprint density at radius 1 is 0.644 bits per heavy atom. The van der Waals surface area contributed by atoms with Crippen molar-refractivity contribution in [3.05, 3.63) is 36.4 Å². The largest absolute Gasteiger partial charge is 0.480 e. The molecule has 2 aromatic rings. The molecular formula is C32H46N12O13S2. The van der Waals surface area contributed by atoms with Crippen LogP contribution in [0.3, 0.4) is 0 Å². The van der Waals surface area contributed by atoms with Crippen LogP contribution in [0.25, 0.3) is 0 Å². The van der Waals surface area contributed by atoms with Gasteiger partial charge in [0.1, 0.15) is 37.0 Å². The van der Waals surface area contributed by atoms with Gasteiger partial charge in [0, 0.05) is 61.0 Å². The summed E-state index contributed by atoms with van der Waals surface area (Å²) in [4.78, 5) is 135. The van der Waals surface area contributed by atoms with Crippen molar-refractivity contribution in [2.75, 3.05) is 24.6 Å². The van der Waals surface area contributed by atoms with Crippen molar-refractivity contribution >= 4 is 81.2 Å². The fourth-order valence-electron chi connectivity index (χ4n) is 4.76. The Morgan fingerprint density at radius 2 is 1.07 bits per heavy atom. The van der Waals surface area contributed by atoms with Crippen molar-refractivity contribution in [3.8, 4) is 0 Å². The Bertz CT molecular complexity index is 1750. The van der Waals surface area contributed by atoms with Crippen LogP contribution < -0.4 is 43.4 Å². The molecule has 25 nitrogen and oxygen atoms in total. The summed E-state index contributed by atoms with van der Waals surface area (Å²) >= 11 is 0. The summed E-state index contributed by atoms with van der Waals surface area (Å²) in [6, 6.07) is -8.00. The zero-order valence-electron chi connectivity index (χ0n) is 31.2. The zero-order valence-corrected chi connectivity index (χ0v) is 32.8. The number of nitrogens with two attached hydrogens (primary N) is 2. The molecule has 2 aromatic heterocycles. The fourth-order valence-corrected chi connectivity index (χ4v) is 7.09. The van der Waals surface area contributed by atoms with Gasteiger partial charge in [0.2, 0.25) is 35.4 Å². The van der Waals surface area contributed by atoms with Crippen LogP contribution in [0.4, 0.5) is 0 Å². The maximum atomic E-state index is 12.9. The minimum Gasteiger partial charge on any atom is -0.480 e. The van der Waals surface area contributed by atoms with E-state index in [4.69, 9.17) is 16.6 Å². The van der Waals surface area contributed by atoms with Gasteiger partial charge in [0.05, 0.1) is 31.3 Å². The Balaban J connectivity index is 1.98. The van der Waals surface area contributed by atoms with Gasteiger partial charge in [0.25, 0.3) is 0 Å². The maximum absolute atomic E-state index is 12.9. The Hall–Kier alpha value is -6.06. The molecule has 6 amide bonds. The smallest absolute Gasteiger partial charge is 0.326 e. The number of nitrogens with zero attached hydrogens (tertiary/aromatic N) is 2. The number of H-pyrrole nitrogens is 2. The third kappa shape index (κ3) is 19.3. The van der Waals surface area contributed by atoms with Gasteiger partial charge in [-0.3, -0.25) is 33.6 Å². The number of aromatic nitrogens is 4. The van der Waals surface area contributed by atoms with Crippen molar-refractivity contribution in [1.29, 1.82) is 0 Å². The van der Waals surface area contributed by atoms with E-state index < -0.39 is 122 Å². The first-order valence-corrected chi connectivity index (χ1v) is 20.0. The van der Waals surface area contributed by atoms with Gasteiger partial charge in [-0.2, -0.15) is 0 Å². The second kappa shape index (κ2) is 26.0. The predicted molar refractivity (Wildman–Crippen MR) is 207 cm³/mol. The van der Waals surface area contributed by atoms with Crippen LogP contribution >= 0.6 is 21.6 Å². The minimum atomic E-state index is -1.53. The molecule has 0 radical (unpaired) electrons. The van der Waals surface area contributed by atoms with E-state index in [9.17, 15) is 58.2 Å². The molecule has 2 heterocycles. The number of carbonyl (C=O) groups excluding carboxylic acids is 7. The van der Waals surface area contributed by atoms with Gasteiger partial charge < -0.3 is 73.5 Å². The van der Waals surface area contributed by atoms with Crippen LogP contribution in [0.2, 0.25) is 0 Å². The predicted octanol–water partition coefficient (Wildman–Crippen LogP) is -4.86. The van der Waals surface area contributed by atoms with Gasteiger partial charge in [-0.15, -0.1) is 0 Å². The van der Waals surface area contributed by atoms with Crippen molar-refractivity contribution < 1.29 is 63.3 Å². The molecule has 15 N–H and O–H groups in total. The molecule has 6 unspecified atom stereocenters. The van der Waals surface area contributed by atoms with Gasteiger partial charge in [-0.25, -0.2) is 19.6 Å². The van der Waals surface area contributed by atoms with E-state index in [0.717, 1.165) is 21.6 Å². The monoisotopic (exact) mass is 870 g/mol. The topological polar surface area (TPSA) is 413 Å². The summed E-state index contributed by atoms with van der Waals surface area (Å²) in [5.74, 6) is -9.66. The first kappa shape index (κ1) is 49.1. The molecule has 6 atom stereocenters. The first-order valence-electron chi connectivity index (χ1n) is 17.6. The molecule has 324 valence electrons. The average molecular weight is 871 g/mol. The first-order chi connectivity index (χ1) is 28.0. The standard InChI is InChI=1S/C32H46N12O13S2/c33-18(7-16-9-35-14-39-16)27(50)43-20(31(54)55)1-3-24(46)41-22(29(52)37-5-6-45)12-58-59-13-23(30(53)38-11-26(48)49)42-25(47)4-2-21(32(56)57)44-28(51)19(34)8-17-10-36-15-40-17/h6,9-10,14-15,18-23H,1-5,7-8,11-13,33-34H2,(H,35,39)(H,36,40)(H,37,52)(H,38,53)(H,41,46)(H,42,47)(H,43,50)(H,44,51)(H,48,49)(H,54,55)(H,56,57). The fraction of sp³-hybridized carbons (Fsp3) is 0.500. The number of hydrogen-bond donors (Lipinski definition) is 13. The number of rotatable bonds is 29. The Kier molecular flexibility index (Phi) is 21.7. The lowest BCUT2D eigenvalue weighted by Crippen LogP contribution is -2.51. The number of aliphatic carboxylic acids is 3. The summed E-state index contributed by atoms with van der Waals surface area (Å²) < 4.78 is 0. The third-order valence-electron chi connectivity index (χ3n) is 7.84. The number of carboxylic acids is 3. The lowest BCUT2D eigenvalue weighted by molar-refractivity contribution is -0.143. The molecule has 0 aliphatic carbocycles. The summed E-state index contributed by atoms with van der Waals surface area (Å²) in [6.45, 7) is -1.21. The van der Waals surface area contributed by atoms with Crippen LogP contribution in [0.1, 0.15) is 37.1 Å². The van der Waals surface area contributed by atoms with Gasteiger partial charge in [-0.05, 0) is 12.8 Å². The minimum absolute atomic E-state index is 0.0246. The average Bonchev–Trinajstić information content (AvgIpc) is 3.91. The van der Waals surface area contributed by atoms with Crippen LogP contribution in [0, 0.1) is 0 Å². The molecule has 0 aliphatic rings. The molecule has 0 bridgehead atoms. The number of hydrogen-bond acceptors (Lipinski definition) is 16. The highest BCUT2D eigenvalue weighted by molar-refractivity contribution is 8.76. The highest BCUT2D eigenvalue weighted by Crippen LogP contribution is 2.23. The van der Waals surface area contributed by atoms with Crippen molar-refractivity contribution in [2.24, 2.45) is 11.5 Å². The van der Waals surface area contributed by atoms with E-state index >= 15 is 0 Å². The number of amides is 6. The van der Waals surface area contributed by atoms with E-state index in [1.54, 1.807) is 0 Å². The van der Waals surface area contributed by atoms with E-state index in [2.05, 4.69) is 51.8 Å². The zero-order chi connectivity index (χ0) is 43.9. The molecule has 0 aromatic carbocycles.